The molecule has 0 radical (unpaired) electrons. The Morgan fingerprint density at radius 3 is 2.61 bits per heavy atom. The Hall–Kier alpha value is -2.50. The van der Waals surface area contributed by atoms with Crippen molar-refractivity contribution in [1.29, 1.82) is 0 Å². The highest BCUT2D eigenvalue weighted by Gasteiger charge is 2.17. The predicted octanol–water partition coefficient (Wildman–Crippen LogP) is 1.45. The maximum atomic E-state index is 12.3. The van der Waals surface area contributed by atoms with Crippen molar-refractivity contribution < 1.29 is 19.1 Å². The Morgan fingerprint density at radius 1 is 1.26 bits per heavy atom. The van der Waals surface area contributed by atoms with Crippen LogP contribution in [0.15, 0.2) is 30.9 Å². The number of fused-ring (bicyclic) bond motifs is 1. The van der Waals surface area contributed by atoms with E-state index in [9.17, 15) is 9.59 Å². The minimum atomic E-state index is -0.242. The number of rotatable bonds is 6. The van der Waals surface area contributed by atoms with E-state index in [4.69, 9.17) is 9.47 Å². The van der Waals surface area contributed by atoms with Crippen LogP contribution in [0.3, 0.4) is 0 Å². The summed E-state index contributed by atoms with van der Waals surface area (Å²) < 4.78 is 11.0. The maximum Gasteiger partial charge on any atom is 0.246 e. The fourth-order valence-electron chi connectivity index (χ4n) is 2.31. The molecule has 1 heterocycles. The Balaban J connectivity index is 1.98. The van der Waals surface area contributed by atoms with Gasteiger partial charge in [0.05, 0.1) is 6.54 Å². The number of hydrogen-bond acceptors (Lipinski definition) is 4. The highest BCUT2D eigenvalue weighted by atomic mass is 16.6. The van der Waals surface area contributed by atoms with Crippen molar-refractivity contribution in [3.63, 3.8) is 0 Å². The van der Waals surface area contributed by atoms with Crippen molar-refractivity contribution >= 4 is 11.8 Å². The molecule has 1 aromatic rings. The van der Waals surface area contributed by atoms with Gasteiger partial charge < -0.3 is 19.3 Å². The molecule has 0 aromatic heterocycles. The van der Waals surface area contributed by atoms with Crippen molar-refractivity contribution in [2.24, 2.45) is 0 Å². The van der Waals surface area contributed by atoms with Crippen LogP contribution in [0.25, 0.3) is 0 Å². The standard InChI is InChI=1S/C17H22N2O4/c1-4-16(20)19(5-2)12-17(21)18(3)11-13-6-7-14-15(10-13)23-9-8-22-14/h4,6-7,10H,1,5,8-9,11-12H2,2-3H3. The van der Waals surface area contributed by atoms with Crippen LogP contribution in [0, 0.1) is 0 Å². The lowest BCUT2D eigenvalue weighted by atomic mass is 10.2. The molecule has 23 heavy (non-hydrogen) atoms. The Kier molecular flexibility index (Phi) is 5.62. The Labute approximate surface area is 136 Å². The second-order valence-electron chi connectivity index (χ2n) is 5.28. The van der Waals surface area contributed by atoms with Crippen LogP contribution < -0.4 is 9.47 Å². The third-order valence-electron chi connectivity index (χ3n) is 3.65. The molecular formula is C17H22N2O4. The zero-order valence-corrected chi connectivity index (χ0v) is 13.6. The van der Waals surface area contributed by atoms with Gasteiger partial charge in [-0.1, -0.05) is 12.6 Å². The average molecular weight is 318 g/mol. The number of amides is 2. The smallest absolute Gasteiger partial charge is 0.246 e. The molecule has 0 aliphatic carbocycles. The van der Waals surface area contributed by atoms with Gasteiger partial charge >= 0.3 is 0 Å². The lowest BCUT2D eigenvalue weighted by Crippen LogP contribution is -2.40. The van der Waals surface area contributed by atoms with E-state index in [2.05, 4.69) is 6.58 Å². The molecule has 0 saturated heterocycles. The van der Waals surface area contributed by atoms with E-state index in [0.29, 0.717) is 32.1 Å². The van der Waals surface area contributed by atoms with Crippen LogP contribution in [-0.2, 0) is 16.1 Å². The maximum absolute atomic E-state index is 12.3. The zero-order chi connectivity index (χ0) is 16.8. The summed E-state index contributed by atoms with van der Waals surface area (Å²) in [5, 5.41) is 0. The summed E-state index contributed by atoms with van der Waals surface area (Å²) in [6.45, 7) is 7.31. The average Bonchev–Trinajstić information content (AvgIpc) is 2.58. The van der Waals surface area contributed by atoms with Crippen molar-refractivity contribution in [2.45, 2.75) is 13.5 Å². The molecular weight excluding hydrogens is 296 g/mol. The molecule has 0 atom stereocenters. The molecule has 0 bridgehead atoms. The third kappa shape index (κ3) is 4.25. The number of nitrogens with zero attached hydrogens (tertiary/aromatic N) is 2. The first kappa shape index (κ1) is 16.9. The van der Waals surface area contributed by atoms with E-state index in [1.165, 1.54) is 11.0 Å². The molecule has 2 rings (SSSR count). The fraction of sp³-hybridized carbons (Fsp3) is 0.412. The molecule has 0 spiro atoms. The van der Waals surface area contributed by atoms with Crippen LogP contribution in [0.5, 0.6) is 11.5 Å². The number of benzene rings is 1. The van der Waals surface area contributed by atoms with Crippen LogP contribution in [0.4, 0.5) is 0 Å². The van der Waals surface area contributed by atoms with Gasteiger partial charge in [0.15, 0.2) is 11.5 Å². The number of ether oxygens (including phenoxy) is 2. The zero-order valence-electron chi connectivity index (χ0n) is 13.6. The first-order valence-corrected chi connectivity index (χ1v) is 7.59. The molecule has 6 heteroatoms. The summed E-state index contributed by atoms with van der Waals surface area (Å²) in [4.78, 5) is 26.9. The molecule has 2 amide bonds. The van der Waals surface area contributed by atoms with E-state index in [-0.39, 0.29) is 18.4 Å². The molecule has 124 valence electrons. The summed E-state index contributed by atoms with van der Waals surface area (Å²) in [6.07, 6.45) is 1.22. The molecule has 0 saturated carbocycles. The molecule has 1 aliphatic heterocycles. The van der Waals surface area contributed by atoms with E-state index >= 15 is 0 Å². The van der Waals surface area contributed by atoms with Crippen LogP contribution >= 0.6 is 0 Å². The lowest BCUT2D eigenvalue weighted by Gasteiger charge is -2.24. The van der Waals surface area contributed by atoms with Crippen molar-refractivity contribution in [3.8, 4) is 11.5 Å². The topological polar surface area (TPSA) is 59.1 Å². The van der Waals surface area contributed by atoms with Crippen molar-refractivity contribution in [1.82, 2.24) is 9.80 Å². The quantitative estimate of drug-likeness (QED) is 0.745. The molecule has 0 N–H and O–H groups in total. The number of carbonyl (C=O) groups is 2. The van der Waals surface area contributed by atoms with Gasteiger partial charge in [0.25, 0.3) is 0 Å². The van der Waals surface area contributed by atoms with Crippen LogP contribution in [0.1, 0.15) is 12.5 Å². The first-order chi connectivity index (χ1) is 11.0. The Morgan fingerprint density at radius 2 is 1.96 bits per heavy atom. The van der Waals surface area contributed by atoms with Gasteiger partial charge in [-0.25, -0.2) is 0 Å². The highest BCUT2D eigenvalue weighted by molar-refractivity contribution is 5.90. The minimum absolute atomic E-state index is 0.0441. The van der Waals surface area contributed by atoms with Crippen molar-refractivity contribution in [3.05, 3.63) is 36.4 Å². The van der Waals surface area contributed by atoms with E-state index in [1.807, 2.05) is 25.1 Å². The molecule has 0 unspecified atom stereocenters. The summed E-state index contributed by atoms with van der Waals surface area (Å²) in [5.74, 6) is 1.06. The van der Waals surface area contributed by atoms with E-state index in [0.717, 1.165) is 11.3 Å². The lowest BCUT2D eigenvalue weighted by molar-refractivity contribution is -0.137. The van der Waals surface area contributed by atoms with Gasteiger partial charge in [-0.05, 0) is 30.7 Å². The van der Waals surface area contributed by atoms with E-state index in [1.54, 1.807) is 11.9 Å². The fourth-order valence-corrected chi connectivity index (χ4v) is 2.31. The second-order valence-corrected chi connectivity index (χ2v) is 5.28. The molecule has 1 aromatic carbocycles. The van der Waals surface area contributed by atoms with Crippen LogP contribution in [0.2, 0.25) is 0 Å². The monoisotopic (exact) mass is 318 g/mol. The SMILES string of the molecule is C=CC(=O)N(CC)CC(=O)N(C)Cc1ccc2c(c1)OCCO2. The summed E-state index contributed by atoms with van der Waals surface area (Å²) in [5.41, 5.74) is 0.947. The number of likely N-dealkylation sites (N-methyl/N-ethyl adjacent to an activating group) is 2. The second kappa shape index (κ2) is 7.67. The summed E-state index contributed by atoms with van der Waals surface area (Å²) in [7, 11) is 1.71. The van der Waals surface area contributed by atoms with Gasteiger partial charge in [0.2, 0.25) is 11.8 Å². The van der Waals surface area contributed by atoms with Gasteiger partial charge in [0.1, 0.15) is 13.2 Å². The molecule has 6 nitrogen and oxygen atoms in total. The predicted molar refractivity (Wildman–Crippen MR) is 86.4 cm³/mol. The van der Waals surface area contributed by atoms with E-state index < -0.39 is 0 Å². The molecule has 1 aliphatic rings. The number of carbonyl (C=O) groups excluding carboxylic acids is 2. The first-order valence-electron chi connectivity index (χ1n) is 7.59. The summed E-state index contributed by atoms with van der Waals surface area (Å²) in [6, 6.07) is 5.64. The van der Waals surface area contributed by atoms with Gasteiger partial charge in [-0.3, -0.25) is 9.59 Å². The van der Waals surface area contributed by atoms with Crippen molar-refractivity contribution in [2.75, 3.05) is 33.4 Å². The molecule has 0 fully saturated rings. The van der Waals surface area contributed by atoms with Gasteiger partial charge in [-0.15, -0.1) is 0 Å². The van der Waals surface area contributed by atoms with Crippen LogP contribution in [-0.4, -0.2) is 55.0 Å². The highest BCUT2D eigenvalue weighted by Crippen LogP contribution is 2.31. The largest absolute Gasteiger partial charge is 0.486 e. The Bertz CT molecular complexity index is 600. The number of hydrogen-bond donors (Lipinski definition) is 0. The summed E-state index contributed by atoms with van der Waals surface area (Å²) >= 11 is 0. The van der Waals surface area contributed by atoms with Gasteiger partial charge in [0, 0.05) is 20.1 Å². The normalized spacial score (nSPS) is 12.4. The minimum Gasteiger partial charge on any atom is -0.486 e. The van der Waals surface area contributed by atoms with Gasteiger partial charge in [-0.2, -0.15) is 0 Å². The third-order valence-corrected chi connectivity index (χ3v) is 3.65.